The molecule has 1 aliphatic carbocycles. The van der Waals surface area contributed by atoms with Gasteiger partial charge in [-0.2, -0.15) is 0 Å². The van der Waals surface area contributed by atoms with E-state index in [2.05, 4.69) is 10.6 Å². The number of fused-ring (bicyclic) bond motifs is 1. The maximum absolute atomic E-state index is 14.0. The molecule has 3 N–H and O–H groups in total. The minimum Gasteiger partial charge on any atom is -0.487 e. The number of carbonyl (C=O) groups excluding carboxylic acids is 2. The highest BCUT2D eigenvalue weighted by Gasteiger charge is 2.53. The van der Waals surface area contributed by atoms with Crippen LogP contribution in [-0.4, -0.2) is 53.6 Å². The van der Waals surface area contributed by atoms with Crippen LogP contribution < -0.4 is 15.4 Å². The lowest BCUT2D eigenvalue weighted by Crippen LogP contribution is -2.63. The van der Waals surface area contributed by atoms with Crippen LogP contribution in [0.4, 0.5) is 4.39 Å². The molecule has 5 atom stereocenters. The fraction of sp³-hybridized carbons (Fsp3) is 0.654. The summed E-state index contributed by atoms with van der Waals surface area (Å²) < 4.78 is 25.2. The zero-order valence-electron chi connectivity index (χ0n) is 21.2. The van der Waals surface area contributed by atoms with Gasteiger partial charge in [-0.3, -0.25) is 19.9 Å². The van der Waals surface area contributed by atoms with Gasteiger partial charge in [-0.15, -0.1) is 0 Å². The Bertz CT molecular complexity index is 995. The van der Waals surface area contributed by atoms with Crippen molar-refractivity contribution < 1.29 is 23.5 Å². The van der Waals surface area contributed by atoms with E-state index < -0.39 is 11.1 Å². The summed E-state index contributed by atoms with van der Waals surface area (Å²) in [5, 5.41) is 14.9. The molecule has 0 radical (unpaired) electrons. The van der Waals surface area contributed by atoms with E-state index in [4.69, 9.17) is 14.9 Å². The normalized spacial score (nSPS) is 30.1. The van der Waals surface area contributed by atoms with Crippen LogP contribution in [0.1, 0.15) is 71.4 Å². The van der Waals surface area contributed by atoms with E-state index in [1.807, 2.05) is 27.7 Å². The Labute approximate surface area is 206 Å². The van der Waals surface area contributed by atoms with Crippen LogP contribution in [0.2, 0.25) is 0 Å². The van der Waals surface area contributed by atoms with Gasteiger partial charge in [0.25, 0.3) is 0 Å². The van der Waals surface area contributed by atoms with Gasteiger partial charge < -0.3 is 20.1 Å². The number of hydrogen-bond acceptors (Lipinski definition) is 5. The van der Waals surface area contributed by atoms with E-state index in [1.165, 1.54) is 17.0 Å². The zero-order valence-corrected chi connectivity index (χ0v) is 21.2. The third kappa shape index (κ3) is 5.29. The first-order valence-electron chi connectivity index (χ1n) is 12.4. The van der Waals surface area contributed by atoms with E-state index in [9.17, 15) is 14.0 Å². The van der Waals surface area contributed by atoms with Crippen LogP contribution in [0, 0.1) is 23.1 Å². The van der Waals surface area contributed by atoms with Crippen LogP contribution in [0.15, 0.2) is 18.2 Å². The highest BCUT2D eigenvalue weighted by atomic mass is 19.1. The SMILES string of the molecule is CC[C@@]1(C)CC(=O)N([C@H](CCOC)[C@@H]2C[C@H]2C(=O)NC2CC(C)(C)Oc3ccc(F)cc32)C(=N)N1. The zero-order chi connectivity index (χ0) is 25.5. The lowest BCUT2D eigenvalue weighted by molar-refractivity contribution is -0.133. The average molecular weight is 489 g/mol. The molecule has 0 bridgehead atoms. The molecule has 1 saturated carbocycles. The second-order valence-corrected chi connectivity index (χ2v) is 11.0. The molecule has 2 fully saturated rings. The number of ether oxygens (including phenoxy) is 2. The van der Waals surface area contributed by atoms with Crippen molar-refractivity contribution in [1.82, 2.24) is 15.5 Å². The molecule has 192 valence electrons. The lowest BCUT2D eigenvalue weighted by Gasteiger charge is -2.43. The van der Waals surface area contributed by atoms with Crippen LogP contribution in [0.3, 0.4) is 0 Å². The summed E-state index contributed by atoms with van der Waals surface area (Å²) in [4.78, 5) is 27.9. The lowest BCUT2D eigenvalue weighted by atomic mass is 9.89. The minimum atomic E-state index is -0.500. The molecular weight excluding hydrogens is 451 g/mol. The summed E-state index contributed by atoms with van der Waals surface area (Å²) in [6, 6.07) is 3.73. The summed E-state index contributed by atoms with van der Waals surface area (Å²) in [5.74, 6) is -0.256. The van der Waals surface area contributed by atoms with Gasteiger partial charge >= 0.3 is 0 Å². The molecule has 4 rings (SSSR count). The van der Waals surface area contributed by atoms with E-state index in [0.717, 1.165) is 6.42 Å². The standard InChI is InChI=1S/C26H37FN4O4/c1-6-26(4)14-22(32)31(24(28)30-26)20(9-10-34-5)16-12-17(16)23(33)29-19-13-25(2,3)35-21-8-7-15(27)11-18(19)21/h7-8,11,16-17,19-20H,6,9-10,12-14H2,1-5H3,(H2,28,30)(H,29,33)/t16-,17-,19?,20-,26+/m1/s1. The largest absolute Gasteiger partial charge is 0.487 e. The van der Waals surface area contributed by atoms with Crippen molar-refractivity contribution in [3.63, 3.8) is 0 Å². The fourth-order valence-corrected chi connectivity index (χ4v) is 5.45. The molecule has 0 aromatic heterocycles. The minimum absolute atomic E-state index is 0.0675. The van der Waals surface area contributed by atoms with E-state index in [0.29, 0.717) is 43.6 Å². The second kappa shape index (κ2) is 9.41. The van der Waals surface area contributed by atoms with Gasteiger partial charge in [0.05, 0.1) is 12.5 Å². The van der Waals surface area contributed by atoms with Crippen LogP contribution >= 0.6 is 0 Å². The molecule has 9 heteroatoms. The summed E-state index contributed by atoms with van der Waals surface area (Å²) in [5.41, 5.74) is -0.295. The highest BCUT2D eigenvalue weighted by molar-refractivity contribution is 5.99. The van der Waals surface area contributed by atoms with Crippen molar-refractivity contribution in [2.24, 2.45) is 11.8 Å². The highest BCUT2D eigenvalue weighted by Crippen LogP contribution is 2.47. The third-order valence-electron chi connectivity index (χ3n) is 7.62. The summed E-state index contributed by atoms with van der Waals surface area (Å²) in [6.45, 7) is 8.27. The molecule has 3 aliphatic rings. The number of methoxy groups -OCH3 is 1. The van der Waals surface area contributed by atoms with Gasteiger partial charge in [0.15, 0.2) is 5.96 Å². The van der Waals surface area contributed by atoms with E-state index in [1.54, 1.807) is 13.2 Å². The quantitative estimate of drug-likeness (QED) is 0.520. The van der Waals surface area contributed by atoms with Crippen molar-refractivity contribution in [2.75, 3.05) is 13.7 Å². The van der Waals surface area contributed by atoms with Gasteiger partial charge in [0.1, 0.15) is 17.2 Å². The number of hydrogen-bond donors (Lipinski definition) is 3. The van der Waals surface area contributed by atoms with E-state index >= 15 is 0 Å². The molecule has 1 aromatic carbocycles. The maximum Gasteiger partial charge on any atom is 0.231 e. The summed E-state index contributed by atoms with van der Waals surface area (Å²) in [7, 11) is 1.60. The van der Waals surface area contributed by atoms with Gasteiger partial charge in [-0.05, 0) is 64.2 Å². The average Bonchev–Trinajstić information content (AvgIpc) is 3.56. The molecule has 1 unspecified atom stereocenters. The topological polar surface area (TPSA) is 104 Å². The van der Waals surface area contributed by atoms with Crippen molar-refractivity contribution in [2.45, 2.75) is 83.0 Å². The molecule has 8 nitrogen and oxygen atoms in total. The molecular formula is C26H37FN4O4. The molecule has 0 spiro atoms. The Morgan fingerprint density at radius 2 is 2.14 bits per heavy atom. The smallest absolute Gasteiger partial charge is 0.231 e. The number of amides is 2. The first-order chi connectivity index (χ1) is 16.5. The predicted molar refractivity (Wildman–Crippen MR) is 130 cm³/mol. The van der Waals surface area contributed by atoms with E-state index in [-0.39, 0.29) is 47.5 Å². The van der Waals surface area contributed by atoms with Gasteiger partial charge in [0, 0.05) is 43.2 Å². The number of benzene rings is 1. The first-order valence-corrected chi connectivity index (χ1v) is 12.4. The molecule has 2 heterocycles. The Balaban J connectivity index is 1.49. The van der Waals surface area contributed by atoms with Gasteiger partial charge in [-0.1, -0.05) is 6.92 Å². The number of nitrogens with one attached hydrogen (secondary N) is 3. The monoisotopic (exact) mass is 488 g/mol. The van der Waals surface area contributed by atoms with Crippen molar-refractivity contribution >= 4 is 17.8 Å². The number of carbonyl (C=O) groups is 2. The van der Waals surface area contributed by atoms with Crippen molar-refractivity contribution in [3.8, 4) is 5.75 Å². The van der Waals surface area contributed by atoms with Crippen molar-refractivity contribution in [1.29, 1.82) is 5.41 Å². The fourth-order valence-electron chi connectivity index (χ4n) is 5.45. The second-order valence-electron chi connectivity index (χ2n) is 11.0. The molecule has 35 heavy (non-hydrogen) atoms. The molecule has 2 amide bonds. The predicted octanol–water partition coefficient (Wildman–Crippen LogP) is 3.51. The number of rotatable bonds is 8. The maximum atomic E-state index is 14.0. The van der Waals surface area contributed by atoms with Gasteiger partial charge in [0.2, 0.25) is 11.8 Å². The molecule has 1 saturated heterocycles. The molecule has 2 aliphatic heterocycles. The Hall–Kier alpha value is -2.68. The van der Waals surface area contributed by atoms with Gasteiger partial charge in [-0.25, -0.2) is 4.39 Å². The molecule has 1 aromatic rings. The first kappa shape index (κ1) is 25.4. The van der Waals surface area contributed by atoms with Crippen LogP contribution in [0.5, 0.6) is 5.75 Å². The van der Waals surface area contributed by atoms with Crippen molar-refractivity contribution in [3.05, 3.63) is 29.6 Å². The Kier molecular flexibility index (Phi) is 6.83. The number of halogens is 1. The number of nitrogens with zero attached hydrogens (tertiary/aromatic N) is 1. The Morgan fingerprint density at radius 3 is 2.80 bits per heavy atom. The third-order valence-corrected chi connectivity index (χ3v) is 7.62. The van der Waals surface area contributed by atoms with Crippen LogP contribution in [-0.2, 0) is 14.3 Å². The summed E-state index contributed by atoms with van der Waals surface area (Å²) >= 11 is 0. The van der Waals surface area contributed by atoms with Crippen LogP contribution in [0.25, 0.3) is 0 Å². The Morgan fingerprint density at radius 1 is 1.40 bits per heavy atom. The number of guanidine groups is 1. The summed E-state index contributed by atoms with van der Waals surface area (Å²) in [6.07, 6.45) is 2.73.